The van der Waals surface area contributed by atoms with Crippen LogP contribution < -0.4 is 15.6 Å². The first kappa shape index (κ1) is 21.0. The van der Waals surface area contributed by atoms with Crippen molar-refractivity contribution in [2.75, 3.05) is 0 Å². The normalized spacial score (nSPS) is 12.9. The van der Waals surface area contributed by atoms with Crippen LogP contribution in [0.4, 0.5) is 0 Å². The van der Waals surface area contributed by atoms with Gasteiger partial charge in [-0.1, -0.05) is 0 Å². The molecule has 2 N–H and O–H groups in total. The molecule has 0 spiro atoms. The maximum absolute atomic E-state index is 12.3. The highest BCUT2D eigenvalue weighted by Crippen LogP contribution is 2.28. The fourth-order valence-corrected chi connectivity index (χ4v) is 3.63. The van der Waals surface area contributed by atoms with Crippen molar-refractivity contribution >= 4 is 11.3 Å². The second-order valence-electron chi connectivity index (χ2n) is 7.80. The van der Waals surface area contributed by atoms with Gasteiger partial charge in [-0.25, -0.2) is 14.2 Å². The molecule has 0 atom stereocenters. The first-order valence-corrected chi connectivity index (χ1v) is 10.5. The third kappa shape index (κ3) is 3.75. The minimum Gasteiger partial charge on any atom is -0.438 e. The summed E-state index contributed by atoms with van der Waals surface area (Å²) in [6, 6.07) is 10.9. The number of nitrogens with one attached hydrogen (secondary N) is 2. The summed E-state index contributed by atoms with van der Waals surface area (Å²) >= 11 is 0. The number of fused-ring (bicyclic) bond motifs is 1. The number of ether oxygens (including phenoxy) is 1. The van der Waals surface area contributed by atoms with Gasteiger partial charge in [0.2, 0.25) is 5.88 Å². The summed E-state index contributed by atoms with van der Waals surface area (Å²) in [6.07, 6.45) is 7.22. The molecule has 0 saturated carbocycles. The Labute approximate surface area is 194 Å². The van der Waals surface area contributed by atoms with Crippen LogP contribution in [0.3, 0.4) is 0 Å². The van der Waals surface area contributed by atoms with Gasteiger partial charge >= 0.3 is 0 Å². The smallest absolute Gasteiger partial charge is 0.211 e. The summed E-state index contributed by atoms with van der Waals surface area (Å²) in [5.41, 5.74) is 10.5. The molecule has 5 rings (SSSR count). The summed E-state index contributed by atoms with van der Waals surface area (Å²) in [6.45, 7) is 5.23. The SMILES string of the molecule is CC(=O)c1ccc(-c2cnn3cc(OC4=CC=C(C)NN4)ccc23)nc1-n1nc(C#N)cc1C. The van der Waals surface area contributed by atoms with Crippen molar-refractivity contribution < 1.29 is 9.53 Å². The molecule has 4 aromatic heterocycles. The molecule has 1 aliphatic heterocycles. The highest BCUT2D eigenvalue weighted by atomic mass is 16.5. The maximum atomic E-state index is 12.3. The Morgan fingerprint density at radius 3 is 2.71 bits per heavy atom. The van der Waals surface area contributed by atoms with Gasteiger partial charge in [-0.2, -0.15) is 15.5 Å². The van der Waals surface area contributed by atoms with Gasteiger partial charge in [0.15, 0.2) is 17.3 Å². The minimum atomic E-state index is -0.144. The van der Waals surface area contributed by atoms with Crippen molar-refractivity contribution in [3.63, 3.8) is 0 Å². The number of nitriles is 1. The molecule has 1 aliphatic rings. The van der Waals surface area contributed by atoms with Crippen molar-refractivity contribution in [1.82, 2.24) is 35.2 Å². The molecule has 4 aromatic rings. The van der Waals surface area contributed by atoms with Gasteiger partial charge in [0.25, 0.3) is 0 Å². The van der Waals surface area contributed by atoms with Gasteiger partial charge in [0.1, 0.15) is 11.8 Å². The highest BCUT2D eigenvalue weighted by Gasteiger charge is 2.18. The van der Waals surface area contributed by atoms with Crippen molar-refractivity contribution in [1.29, 1.82) is 5.26 Å². The quantitative estimate of drug-likeness (QED) is 0.443. The number of hydrogen-bond donors (Lipinski definition) is 2. The van der Waals surface area contributed by atoms with Crippen LogP contribution in [0.1, 0.15) is 35.6 Å². The number of rotatable bonds is 5. The predicted molar refractivity (Wildman–Crippen MR) is 124 cm³/mol. The molecule has 5 heterocycles. The van der Waals surface area contributed by atoms with Crippen LogP contribution in [0.2, 0.25) is 0 Å². The second kappa shape index (κ2) is 8.22. The minimum absolute atomic E-state index is 0.144. The third-order valence-electron chi connectivity index (χ3n) is 5.32. The topological polar surface area (TPSA) is 122 Å². The molecule has 0 amide bonds. The zero-order valence-corrected chi connectivity index (χ0v) is 18.7. The number of Topliss-reactive ketones (excluding diaryl/α,β-unsaturated/α-hetero) is 1. The lowest BCUT2D eigenvalue weighted by molar-refractivity contribution is 0.101. The van der Waals surface area contributed by atoms with Crippen LogP contribution >= 0.6 is 0 Å². The van der Waals surface area contributed by atoms with Crippen LogP contribution in [0, 0.1) is 18.3 Å². The van der Waals surface area contributed by atoms with Gasteiger partial charge in [0.05, 0.1) is 29.2 Å². The van der Waals surface area contributed by atoms with Gasteiger partial charge in [-0.15, -0.1) is 0 Å². The molecule has 0 saturated heterocycles. The van der Waals surface area contributed by atoms with E-state index in [-0.39, 0.29) is 11.5 Å². The lowest BCUT2D eigenvalue weighted by atomic mass is 10.1. The summed E-state index contributed by atoms with van der Waals surface area (Å²) in [7, 11) is 0. The maximum Gasteiger partial charge on any atom is 0.211 e. The first-order chi connectivity index (χ1) is 16.4. The van der Waals surface area contributed by atoms with E-state index in [0.29, 0.717) is 34.4 Å². The van der Waals surface area contributed by atoms with E-state index in [1.54, 1.807) is 35.1 Å². The Kier molecular flexibility index (Phi) is 5.07. The van der Waals surface area contributed by atoms with E-state index < -0.39 is 0 Å². The molecule has 10 nitrogen and oxygen atoms in total. The van der Waals surface area contributed by atoms with Crippen LogP contribution in [-0.2, 0) is 0 Å². The summed E-state index contributed by atoms with van der Waals surface area (Å²) in [5.74, 6) is 1.39. The Morgan fingerprint density at radius 2 is 2.00 bits per heavy atom. The Hall–Kier alpha value is -4.91. The summed E-state index contributed by atoms with van der Waals surface area (Å²) < 4.78 is 9.09. The summed E-state index contributed by atoms with van der Waals surface area (Å²) in [5, 5.41) is 17.9. The van der Waals surface area contributed by atoms with Gasteiger partial charge in [-0.05, 0) is 57.2 Å². The molecule has 34 heavy (non-hydrogen) atoms. The van der Waals surface area contributed by atoms with Crippen LogP contribution in [0.15, 0.2) is 66.5 Å². The number of hydrazine groups is 1. The third-order valence-corrected chi connectivity index (χ3v) is 5.32. The number of allylic oxidation sites excluding steroid dienone is 3. The van der Waals surface area contributed by atoms with Crippen molar-refractivity contribution in [3.05, 3.63) is 83.4 Å². The molecule has 0 aliphatic carbocycles. The largest absolute Gasteiger partial charge is 0.438 e. The van der Waals surface area contributed by atoms with Gasteiger partial charge < -0.3 is 10.2 Å². The van der Waals surface area contributed by atoms with E-state index in [1.807, 2.05) is 44.2 Å². The molecular formula is C24H20N8O2. The molecule has 0 radical (unpaired) electrons. The average molecular weight is 452 g/mol. The van der Waals surface area contributed by atoms with Crippen molar-refractivity contribution in [2.24, 2.45) is 0 Å². The summed E-state index contributed by atoms with van der Waals surface area (Å²) in [4.78, 5) is 17.0. The monoisotopic (exact) mass is 452 g/mol. The number of carbonyl (C=O) groups excluding carboxylic acids is 1. The van der Waals surface area contributed by atoms with E-state index >= 15 is 0 Å². The number of hydrogen-bond acceptors (Lipinski definition) is 8. The zero-order valence-electron chi connectivity index (χ0n) is 18.7. The van der Waals surface area contributed by atoms with Crippen molar-refractivity contribution in [3.8, 4) is 28.9 Å². The van der Waals surface area contributed by atoms with Gasteiger partial charge in [-0.3, -0.25) is 10.2 Å². The van der Waals surface area contributed by atoms with Crippen LogP contribution in [-0.4, -0.2) is 30.2 Å². The Balaban J connectivity index is 1.54. The number of aryl methyl sites for hydroxylation is 1. The molecule has 0 fully saturated rings. The number of carbonyl (C=O) groups is 1. The van der Waals surface area contributed by atoms with Crippen LogP contribution in [0.25, 0.3) is 22.6 Å². The predicted octanol–water partition coefficient (Wildman–Crippen LogP) is 3.20. The number of aromatic nitrogens is 5. The Bertz CT molecular complexity index is 1550. The molecule has 0 aromatic carbocycles. The second-order valence-corrected chi connectivity index (χ2v) is 7.80. The number of pyridine rings is 2. The van der Waals surface area contributed by atoms with E-state index in [0.717, 1.165) is 16.8 Å². The van der Waals surface area contributed by atoms with Crippen molar-refractivity contribution in [2.45, 2.75) is 20.8 Å². The average Bonchev–Trinajstić information content (AvgIpc) is 3.43. The zero-order chi connectivity index (χ0) is 23.8. The fourth-order valence-electron chi connectivity index (χ4n) is 3.63. The van der Waals surface area contributed by atoms with E-state index in [4.69, 9.17) is 9.72 Å². The fraction of sp³-hybridized carbons (Fsp3) is 0.125. The molecule has 0 unspecified atom stereocenters. The van der Waals surface area contributed by atoms with E-state index in [2.05, 4.69) is 21.0 Å². The van der Waals surface area contributed by atoms with E-state index in [9.17, 15) is 10.1 Å². The lowest BCUT2D eigenvalue weighted by Crippen LogP contribution is -2.33. The molecule has 10 heteroatoms. The highest BCUT2D eigenvalue weighted by molar-refractivity contribution is 5.97. The van der Waals surface area contributed by atoms with Crippen LogP contribution in [0.5, 0.6) is 5.75 Å². The van der Waals surface area contributed by atoms with Gasteiger partial charge in [0, 0.05) is 23.0 Å². The molecule has 168 valence electrons. The first-order valence-electron chi connectivity index (χ1n) is 10.5. The molecule has 0 bridgehead atoms. The Morgan fingerprint density at radius 1 is 1.15 bits per heavy atom. The molecular weight excluding hydrogens is 432 g/mol. The number of ketones is 1. The standard InChI is InChI=1S/C24H20N8O2/c1-14-4-9-23(29-28-14)34-18-5-8-22-20(12-26-31(22)13-18)21-7-6-19(16(3)33)24(27-21)32-15(2)10-17(11-25)30-32/h4-10,12-13,28-29H,1-3H3. The number of nitrogens with zero attached hydrogens (tertiary/aromatic N) is 6. The lowest BCUT2D eigenvalue weighted by Gasteiger charge is -2.17. The van der Waals surface area contributed by atoms with E-state index in [1.165, 1.54) is 11.6 Å².